The van der Waals surface area contributed by atoms with Crippen LogP contribution in [0.3, 0.4) is 0 Å². The molecule has 0 spiro atoms. The first-order chi connectivity index (χ1) is 5.31. The van der Waals surface area contributed by atoms with E-state index in [1.54, 1.807) is 5.73 Å². The second-order valence-corrected chi connectivity index (χ2v) is 1.67. The molecule has 2 N–H and O–H groups in total. The van der Waals surface area contributed by atoms with E-state index in [2.05, 4.69) is 0 Å². The lowest BCUT2D eigenvalue weighted by Crippen LogP contribution is -2.19. The van der Waals surface area contributed by atoms with Gasteiger partial charge in [-0.3, -0.25) is 4.79 Å². The van der Waals surface area contributed by atoms with Crippen molar-refractivity contribution in [1.82, 2.24) is 0 Å². The third-order valence-electron chi connectivity index (χ3n) is 0.809. The molecular formula is C7H17NO3. The Kier molecular flexibility index (Phi) is 8.87. The minimum absolute atomic E-state index is 0. The maximum absolute atomic E-state index is 10.4. The van der Waals surface area contributed by atoms with Gasteiger partial charge in [-0.2, -0.15) is 0 Å². The summed E-state index contributed by atoms with van der Waals surface area (Å²) in [4.78, 5) is 10.4. The Morgan fingerprint density at radius 1 is 1.55 bits per heavy atom. The monoisotopic (exact) mass is 165 g/mol. The van der Waals surface area contributed by atoms with E-state index in [-0.39, 0.29) is 14.0 Å². The van der Waals surface area contributed by atoms with Crippen molar-refractivity contribution < 1.29 is 15.7 Å². The molecule has 0 atom stereocenters. The SMILES string of the molecule is C.[3H]NC(=O)COCCOCC. The maximum atomic E-state index is 10.4. The molecular weight excluding hydrogens is 146 g/mol. The van der Waals surface area contributed by atoms with Crippen molar-refractivity contribution in [2.24, 2.45) is 5.73 Å². The molecule has 4 heteroatoms. The van der Waals surface area contributed by atoms with Gasteiger partial charge in [0.2, 0.25) is 5.91 Å². The topological polar surface area (TPSA) is 61.6 Å². The Morgan fingerprint density at radius 3 is 2.73 bits per heavy atom. The molecule has 0 aliphatic carbocycles. The molecule has 0 unspecified atom stereocenters. The maximum Gasteiger partial charge on any atom is 0.243 e. The summed E-state index contributed by atoms with van der Waals surface area (Å²) in [5.74, 6) is -0.443. The number of hydrogen-bond donors (Lipinski definition) is 1. The molecule has 0 saturated heterocycles. The van der Waals surface area contributed by atoms with Gasteiger partial charge in [-0.1, -0.05) is 7.43 Å². The lowest BCUT2D eigenvalue weighted by atomic mass is 10.7. The van der Waals surface area contributed by atoms with Gasteiger partial charge in [0.05, 0.1) is 13.2 Å². The molecule has 0 aliphatic heterocycles. The van der Waals surface area contributed by atoms with Crippen LogP contribution in [0, 0.1) is 0 Å². The van der Waals surface area contributed by atoms with Crippen LogP contribution >= 0.6 is 0 Å². The van der Waals surface area contributed by atoms with Gasteiger partial charge in [-0.05, 0) is 6.92 Å². The predicted molar refractivity (Wildman–Crippen MR) is 43.2 cm³/mol. The normalized spacial score (nSPS) is 9.73. The first kappa shape index (κ1) is 10.4. The summed E-state index contributed by atoms with van der Waals surface area (Å²) in [6.07, 6.45) is 0. The Morgan fingerprint density at radius 2 is 2.18 bits per heavy atom. The van der Waals surface area contributed by atoms with E-state index in [9.17, 15) is 4.79 Å². The molecule has 0 fully saturated rings. The number of nitrogens with two attached hydrogens (primary N) is 1. The van der Waals surface area contributed by atoms with E-state index >= 15 is 0 Å². The van der Waals surface area contributed by atoms with E-state index in [1.807, 2.05) is 6.92 Å². The Labute approximate surface area is 69.1 Å². The number of hydrogen-bond acceptors (Lipinski definition) is 3. The van der Waals surface area contributed by atoms with Crippen LogP contribution in [0.2, 0.25) is 1.41 Å². The summed E-state index contributed by atoms with van der Waals surface area (Å²) < 4.78 is 16.2. The average Bonchev–Trinajstić information content (AvgIpc) is 2.04. The van der Waals surface area contributed by atoms with Crippen molar-refractivity contribution in [3.63, 3.8) is 0 Å². The Balaban J connectivity index is 0. The molecule has 0 aromatic heterocycles. The van der Waals surface area contributed by atoms with Crippen molar-refractivity contribution in [3.8, 4) is 0 Å². The number of rotatable bonds is 6. The van der Waals surface area contributed by atoms with Crippen molar-refractivity contribution in [2.45, 2.75) is 14.4 Å². The Bertz CT molecular complexity index is 111. The summed E-state index contributed by atoms with van der Waals surface area (Å²) in [5.41, 5.74) is 1.70. The number of carbonyl (C=O) groups is 1. The number of primary amides is 1. The van der Waals surface area contributed by atoms with Crippen LogP contribution in [-0.4, -0.2) is 32.3 Å². The summed E-state index contributed by atoms with van der Waals surface area (Å²) in [6.45, 7) is 3.34. The molecule has 0 heterocycles. The molecule has 1 amide bonds. The van der Waals surface area contributed by atoms with Gasteiger partial charge in [0.25, 0.3) is 0 Å². The highest BCUT2D eigenvalue weighted by Crippen LogP contribution is 1.76. The molecule has 0 aromatic rings. The zero-order valence-corrected chi connectivity index (χ0v) is 6.05. The largest absolute Gasteiger partial charge is 0.379 e. The molecule has 68 valence electrons. The Hall–Kier alpha value is -0.610. The molecule has 0 aromatic carbocycles. The van der Waals surface area contributed by atoms with E-state index in [0.717, 1.165) is 0 Å². The first-order valence-corrected chi connectivity index (χ1v) is 3.17. The summed E-state index contributed by atoms with van der Waals surface area (Å²) >= 11 is 0. The standard InChI is InChI=1S/C6H13NO3.CH4/c1-2-9-3-4-10-5-6(7)8;/h2-5H2,1H3,(H2,7,8);1H4/i/hT. The molecule has 0 bridgehead atoms. The van der Waals surface area contributed by atoms with E-state index in [4.69, 9.17) is 10.9 Å². The van der Waals surface area contributed by atoms with Gasteiger partial charge in [-0.25, -0.2) is 0 Å². The van der Waals surface area contributed by atoms with Crippen molar-refractivity contribution in [1.29, 1.82) is 0 Å². The molecule has 0 rings (SSSR count). The zero-order chi connectivity index (χ0) is 8.53. The van der Waals surface area contributed by atoms with Crippen molar-refractivity contribution >= 4 is 5.91 Å². The van der Waals surface area contributed by atoms with Crippen LogP contribution < -0.4 is 5.73 Å². The van der Waals surface area contributed by atoms with Gasteiger partial charge < -0.3 is 15.2 Å². The third-order valence-corrected chi connectivity index (χ3v) is 0.809. The number of ether oxygens (including phenoxy) is 2. The third kappa shape index (κ3) is 12.6. The van der Waals surface area contributed by atoms with Crippen molar-refractivity contribution in [2.75, 3.05) is 26.4 Å². The predicted octanol–water partition coefficient (Wildman–Crippen LogP) is 0.161. The van der Waals surface area contributed by atoms with Crippen LogP contribution in [0.25, 0.3) is 0 Å². The lowest BCUT2D eigenvalue weighted by Gasteiger charge is -2.00. The van der Waals surface area contributed by atoms with Gasteiger partial charge in [0.15, 0.2) is 1.41 Å². The molecule has 0 aliphatic rings. The number of carbonyl (C=O) groups excluding carboxylic acids is 1. The van der Waals surface area contributed by atoms with Gasteiger partial charge in [0.1, 0.15) is 6.61 Å². The fourth-order valence-corrected chi connectivity index (χ4v) is 0.427. The fourth-order valence-electron chi connectivity index (χ4n) is 0.427. The lowest BCUT2D eigenvalue weighted by molar-refractivity contribution is -0.123. The summed E-state index contributed by atoms with van der Waals surface area (Å²) in [7, 11) is 0. The van der Waals surface area contributed by atoms with Gasteiger partial charge in [0, 0.05) is 6.61 Å². The minimum Gasteiger partial charge on any atom is -0.379 e. The van der Waals surface area contributed by atoms with Crippen LogP contribution in [0.15, 0.2) is 0 Å². The fraction of sp³-hybridized carbons (Fsp3) is 0.857. The molecule has 0 radical (unpaired) electrons. The highest BCUT2D eigenvalue weighted by atomic mass is 16.5. The average molecular weight is 165 g/mol. The smallest absolute Gasteiger partial charge is 0.243 e. The zero-order valence-electron chi connectivity index (χ0n) is 7.05. The molecule has 11 heavy (non-hydrogen) atoms. The van der Waals surface area contributed by atoms with Crippen LogP contribution in [0.1, 0.15) is 14.4 Å². The van der Waals surface area contributed by atoms with Gasteiger partial charge >= 0.3 is 0 Å². The minimum atomic E-state index is -0.443. The highest BCUT2D eigenvalue weighted by molar-refractivity contribution is 5.74. The number of amides is 1. The molecule has 4 nitrogen and oxygen atoms in total. The second kappa shape index (κ2) is 9.39. The van der Waals surface area contributed by atoms with Crippen LogP contribution in [-0.2, 0) is 14.3 Å². The van der Waals surface area contributed by atoms with Crippen LogP contribution in [0.5, 0.6) is 0 Å². The van der Waals surface area contributed by atoms with E-state index < -0.39 is 5.91 Å². The van der Waals surface area contributed by atoms with Crippen molar-refractivity contribution in [3.05, 3.63) is 0 Å². The summed E-state index contributed by atoms with van der Waals surface area (Å²) in [6, 6.07) is 0. The summed E-state index contributed by atoms with van der Waals surface area (Å²) in [5, 5.41) is 0. The second-order valence-electron chi connectivity index (χ2n) is 1.67. The highest BCUT2D eigenvalue weighted by Gasteiger charge is 1.91. The quantitative estimate of drug-likeness (QED) is 0.570. The van der Waals surface area contributed by atoms with E-state index in [1.165, 1.54) is 0 Å². The van der Waals surface area contributed by atoms with Crippen LogP contribution in [0.4, 0.5) is 0 Å². The molecule has 0 saturated carbocycles. The van der Waals surface area contributed by atoms with Gasteiger partial charge in [-0.15, -0.1) is 0 Å². The van der Waals surface area contributed by atoms with E-state index in [0.29, 0.717) is 19.8 Å². The first-order valence-electron chi connectivity index (χ1n) is 3.67.